The van der Waals surface area contributed by atoms with Crippen molar-refractivity contribution in [2.75, 3.05) is 13.2 Å². The lowest BCUT2D eigenvalue weighted by atomic mass is 10.4. The maximum atomic E-state index is 9.99. The summed E-state index contributed by atoms with van der Waals surface area (Å²) < 4.78 is 4.84. The molecule has 4 nitrogen and oxygen atoms in total. The number of aldehydes is 1. The summed E-state index contributed by atoms with van der Waals surface area (Å²) >= 11 is 0. The highest BCUT2D eigenvalue weighted by molar-refractivity contribution is 5.60. The Balaban J connectivity index is 1.91. The van der Waals surface area contributed by atoms with E-state index in [1.807, 2.05) is 6.92 Å². The average Bonchev–Trinajstić information content (AvgIpc) is 2.68. The number of ether oxygens (including phenoxy) is 1. The maximum Gasteiger partial charge on any atom is 0.151 e. The van der Waals surface area contributed by atoms with Gasteiger partial charge >= 0.3 is 0 Å². The molecule has 4 heteroatoms. The van der Waals surface area contributed by atoms with Gasteiger partial charge in [0.05, 0.1) is 6.61 Å². The van der Waals surface area contributed by atoms with E-state index in [1.54, 1.807) is 0 Å². The molecule has 58 valence electrons. The SMILES string of the molecule is CCOOCC1OC1C=O. The van der Waals surface area contributed by atoms with Crippen LogP contribution in [-0.4, -0.2) is 31.7 Å². The fourth-order valence-electron chi connectivity index (χ4n) is 0.609. The smallest absolute Gasteiger partial charge is 0.151 e. The number of hydrogen-bond donors (Lipinski definition) is 0. The van der Waals surface area contributed by atoms with Crippen LogP contribution in [0.2, 0.25) is 0 Å². The predicted octanol–water partition coefficient (Wildman–Crippen LogP) is -0.0792. The van der Waals surface area contributed by atoms with Gasteiger partial charge in [0, 0.05) is 0 Å². The molecule has 0 radical (unpaired) electrons. The summed E-state index contributed by atoms with van der Waals surface area (Å²) in [6.45, 7) is 2.68. The lowest BCUT2D eigenvalue weighted by molar-refractivity contribution is -0.292. The number of carbonyl (C=O) groups excluding carboxylic acids is 1. The highest BCUT2D eigenvalue weighted by atomic mass is 17.2. The zero-order valence-corrected chi connectivity index (χ0v) is 5.78. The van der Waals surface area contributed by atoms with Gasteiger partial charge in [-0.1, -0.05) is 0 Å². The topological polar surface area (TPSA) is 48.1 Å². The van der Waals surface area contributed by atoms with Crippen molar-refractivity contribution in [1.82, 2.24) is 0 Å². The molecule has 0 spiro atoms. The Hall–Kier alpha value is -0.450. The average molecular weight is 146 g/mol. The van der Waals surface area contributed by atoms with Gasteiger partial charge in [0.25, 0.3) is 0 Å². The van der Waals surface area contributed by atoms with Gasteiger partial charge in [0.2, 0.25) is 0 Å². The molecule has 0 aromatic rings. The van der Waals surface area contributed by atoms with Crippen molar-refractivity contribution in [2.24, 2.45) is 0 Å². The van der Waals surface area contributed by atoms with Crippen LogP contribution in [0.1, 0.15) is 6.92 Å². The molecule has 2 atom stereocenters. The van der Waals surface area contributed by atoms with Crippen molar-refractivity contribution >= 4 is 6.29 Å². The Kier molecular flexibility index (Phi) is 2.80. The summed E-state index contributed by atoms with van der Waals surface area (Å²) in [5, 5.41) is 0. The summed E-state index contributed by atoms with van der Waals surface area (Å²) in [4.78, 5) is 19.2. The fourth-order valence-corrected chi connectivity index (χ4v) is 0.609. The second kappa shape index (κ2) is 3.65. The standard InChI is InChI=1S/C6H10O4/c1-2-8-9-4-6-5(3-7)10-6/h3,5-6H,2,4H2,1H3. The van der Waals surface area contributed by atoms with E-state index in [9.17, 15) is 4.79 Å². The van der Waals surface area contributed by atoms with Crippen LogP contribution >= 0.6 is 0 Å². The molecule has 1 aliphatic heterocycles. The molecule has 0 N–H and O–H groups in total. The van der Waals surface area contributed by atoms with Crippen LogP contribution in [0.25, 0.3) is 0 Å². The van der Waals surface area contributed by atoms with E-state index < -0.39 is 0 Å². The van der Waals surface area contributed by atoms with Crippen molar-refractivity contribution in [3.8, 4) is 0 Å². The van der Waals surface area contributed by atoms with Crippen molar-refractivity contribution in [3.63, 3.8) is 0 Å². The quantitative estimate of drug-likeness (QED) is 0.179. The van der Waals surface area contributed by atoms with Crippen LogP contribution in [0.4, 0.5) is 0 Å². The largest absolute Gasteiger partial charge is 0.359 e. The van der Waals surface area contributed by atoms with Crippen LogP contribution in [0.5, 0.6) is 0 Å². The maximum absolute atomic E-state index is 9.99. The Morgan fingerprint density at radius 1 is 1.60 bits per heavy atom. The first-order valence-electron chi connectivity index (χ1n) is 3.23. The third-order valence-corrected chi connectivity index (χ3v) is 1.19. The zero-order valence-electron chi connectivity index (χ0n) is 5.78. The van der Waals surface area contributed by atoms with Crippen molar-refractivity contribution in [2.45, 2.75) is 19.1 Å². The van der Waals surface area contributed by atoms with Crippen LogP contribution in [0.15, 0.2) is 0 Å². The summed E-state index contributed by atoms with van der Waals surface area (Å²) in [5.74, 6) is 0. The molecule has 1 heterocycles. The predicted molar refractivity (Wildman–Crippen MR) is 32.3 cm³/mol. The Bertz CT molecular complexity index is 114. The van der Waals surface area contributed by atoms with E-state index in [-0.39, 0.29) is 12.2 Å². The lowest BCUT2D eigenvalue weighted by Gasteiger charge is -1.95. The minimum absolute atomic E-state index is 0.0796. The normalized spacial score (nSPS) is 30.1. The molecule has 1 rings (SSSR count). The Labute approximate surface area is 59.0 Å². The van der Waals surface area contributed by atoms with E-state index in [1.165, 1.54) is 0 Å². The minimum atomic E-state index is -0.263. The third-order valence-electron chi connectivity index (χ3n) is 1.19. The second-order valence-corrected chi connectivity index (χ2v) is 1.97. The molecule has 10 heavy (non-hydrogen) atoms. The van der Waals surface area contributed by atoms with Gasteiger partial charge in [0.1, 0.15) is 18.8 Å². The van der Waals surface area contributed by atoms with E-state index in [2.05, 4.69) is 9.78 Å². The molecule has 0 amide bonds. The first kappa shape index (κ1) is 7.65. The van der Waals surface area contributed by atoms with E-state index in [0.717, 1.165) is 6.29 Å². The molecule has 2 unspecified atom stereocenters. The van der Waals surface area contributed by atoms with Gasteiger partial charge in [-0.15, -0.1) is 0 Å². The van der Waals surface area contributed by atoms with Crippen molar-refractivity contribution in [3.05, 3.63) is 0 Å². The molecular formula is C6H10O4. The zero-order chi connectivity index (χ0) is 7.40. The molecule has 0 bridgehead atoms. The van der Waals surface area contributed by atoms with Gasteiger partial charge in [-0.3, -0.25) is 0 Å². The van der Waals surface area contributed by atoms with Gasteiger partial charge in [0.15, 0.2) is 6.29 Å². The van der Waals surface area contributed by atoms with E-state index in [4.69, 9.17) is 4.74 Å². The summed E-state index contributed by atoms with van der Waals surface area (Å²) in [5.41, 5.74) is 0. The summed E-state index contributed by atoms with van der Waals surface area (Å²) in [6, 6.07) is 0. The highest BCUT2D eigenvalue weighted by Gasteiger charge is 2.38. The Morgan fingerprint density at radius 3 is 2.90 bits per heavy atom. The second-order valence-electron chi connectivity index (χ2n) is 1.97. The number of hydrogen-bond acceptors (Lipinski definition) is 4. The molecule has 0 saturated carbocycles. The van der Waals surface area contributed by atoms with Crippen molar-refractivity contribution in [1.29, 1.82) is 0 Å². The van der Waals surface area contributed by atoms with Crippen molar-refractivity contribution < 1.29 is 19.3 Å². The summed E-state index contributed by atoms with van der Waals surface area (Å²) in [7, 11) is 0. The fraction of sp³-hybridized carbons (Fsp3) is 0.833. The van der Waals surface area contributed by atoms with Gasteiger partial charge in [-0.25, -0.2) is 9.78 Å². The van der Waals surface area contributed by atoms with Crippen LogP contribution < -0.4 is 0 Å². The number of carbonyl (C=O) groups is 1. The highest BCUT2D eigenvalue weighted by Crippen LogP contribution is 2.19. The van der Waals surface area contributed by atoms with Crippen LogP contribution in [0.3, 0.4) is 0 Å². The number of epoxide rings is 1. The van der Waals surface area contributed by atoms with E-state index >= 15 is 0 Å². The minimum Gasteiger partial charge on any atom is -0.359 e. The monoisotopic (exact) mass is 146 g/mol. The molecule has 0 aliphatic carbocycles. The molecule has 1 fully saturated rings. The van der Waals surface area contributed by atoms with E-state index in [0.29, 0.717) is 13.2 Å². The molecule has 0 aromatic heterocycles. The molecular weight excluding hydrogens is 136 g/mol. The molecule has 0 aromatic carbocycles. The lowest BCUT2D eigenvalue weighted by Crippen LogP contribution is -2.05. The first-order valence-corrected chi connectivity index (χ1v) is 3.23. The Morgan fingerprint density at radius 2 is 2.40 bits per heavy atom. The van der Waals surface area contributed by atoms with Gasteiger partial charge in [-0.05, 0) is 6.92 Å². The molecule has 1 saturated heterocycles. The molecule has 1 aliphatic rings. The number of rotatable bonds is 5. The summed E-state index contributed by atoms with van der Waals surface area (Å²) in [6.07, 6.45) is 0.421. The van der Waals surface area contributed by atoms with Crippen LogP contribution in [-0.2, 0) is 19.3 Å². The van der Waals surface area contributed by atoms with Gasteiger partial charge < -0.3 is 9.53 Å². The van der Waals surface area contributed by atoms with Crippen LogP contribution in [0, 0.1) is 0 Å². The van der Waals surface area contributed by atoms with Gasteiger partial charge in [-0.2, -0.15) is 0 Å². The third kappa shape index (κ3) is 2.06. The first-order chi connectivity index (χ1) is 4.88.